The molecule has 0 saturated heterocycles. The van der Waals surface area contributed by atoms with Crippen LogP contribution in [-0.4, -0.2) is 24.0 Å². The lowest BCUT2D eigenvalue weighted by molar-refractivity contribution is 0.111. The van der Waals surface area contributed by atoms with E-state index in [1.807, 2.05) is 18.2 Å². The molecule has 1 aromatic carbocycles. The van der Waals surface area contributed by atoms with Crippen LogP contribution in [0.3, 0.4) is 0 Å². The normalized spacial score (nSPS) is 15.1. The van der Waals surface area contributed by atoms with Crippen LogP contribution < -0.4 is 5.73 Å². The van der Waals surface area contributed by atoms with Gasteiger partial charge in [-0.1, -0.05) is 43.6 Å². The van der Waals surface area contributed by atoms with E-state index in [9.17, 15) is 0 Å². The van der Waals surface area contributed by atoms with Gasteiger partial charge in [-0.25, -0.2) is 0 Å². The summed E-state index contributed by atoms with van der Waals surface area (Å²) >= 11 is 6.21. The molecule has 1 unspecified atom stereocenters. The summed E-state index contributed by atoms with van der Waals surface area (Å²) in [6.07, 6.45) is 1.09. The fraction of sp³-hybridized carbons (Fsp3) is 0.600. The first-order chi connectivity index (χ1) is 8.39. The maximum Gasteiger partial charge on any atom is 0.0451 e. The minimum atomic E-state index is 0.0212. The van der Waals surface area contributed by atoms with Crippen molar-refractivity contribution in [2.24, 2.45) is 11.7 Å². The second-order valence-corrected chi connectivity index (χ2v) is 6.15. The van der Waals surface area contributed by atoms with Crippen molar-refractivity contribution in [3.05, 3.63) is 34.9 Å². The SMILES string of the molecule is CC(C)CC(C)(CN)N(C)Cc1ccccc1Cl. The van der Waals surface area contributed by atoms with E-state index < -0.39 is 0 Å². The molecule has 102 valence electrons. The van der Waals surface area contributed by atoms with E-state index in [4.69, 9.17) is 17.3 Å². The van der Waals surface area contributed by atoms with Crippen LogP contribution >= 0.6 is 11.6 Å². The van der Waals surface area contributed by atoms with Crippen LogP contribution in [0.1, 0.15) is 32.8 Å². The molecule has 1 rings (SSSR count). The summed E-state index contributed by atoms with van der Waals surface area (Å²) in [6, 6.07) is 8.00. The van der Waals surface area contributed by atoms with Crippen molar-refractivity contribution >= 4 is 11.6 Å². The first-order valence-electron chi connectivity index (χ1n) is 6.54. The largest absolute Gasteiger partial charge is 0.329 e. The quantitative estimate of drug-likeness (QED) is 0.855. The van der Waals surface area contributed by atoms with Gasteiger partial charge in [-0.3, -0.25) is 4.90 Å². The Kier molecular flexibility index (Phi) is 5.64. The third-order valence-corrected chi connectivity index (χ3v) is 3.94. The Morgan fingerprint density at radius 2 is 1.94 bits per heavy atom. The molecule has 0 bridgehead atoms. The van der Waals surface area contributed by atoms with Crippen molar-refractivity contribution in [1.82, 2.24) is 4.90 Å². The van der Waals surface area contributed by atoms with Crippen molar-refractivity contribution in [1.29, 1.82) is 0 Å². The van der Waals surface area contributed by atoms with Crippen molar-refractivity contribution in [2.45, 2.75) is 39.3 Å². The number of nitrogens with two attached hydrogens (primary N) is 1. The Bertz CT molecular complexity index is 379. The monoisotopic (exact) mass is 268 g/mol. The molecule has 0 fully saturated rings. The summed E-state index contributed by atoms with van der Waals surface area (Å²) in [5.41, 5.74) is 7.15. The Labute approximate surface area is 116 Å². The average molecular weight is 269 g/mol. The smallest absolute Gasteiger partial charge is 0.0451 e. The Hall–Kier alpha value is -0.570. The molecule has 0 heterocycles. The number of hydrogen-bond acceptors (Lipinski definition) is 2. The zero-order valence-electron chi connectivity index (χ0n) is 11.9. The van der Waals surface area contributed by atoms with Gasteiger partial charge < -0.3 is 5.73 Å². The number of likely N-dealkylation sites (N-methyl/N-ethyl adjacent to an activating group) is 1. The minimum absolute atomic E-state index is 0.0212. The summed E-state index contributed by atoms with van der Waals surface area (Å²) in [5.74, 6) is 0.632. The van der Waals surface area contributed by atoms with Crippen LogP contribution in [0.2, 0.25) is 5.02 Å². The second-order valence-electron chi connectivity index (χ2n) is 5.75. The first-order valence-corrected chi connectivity index (χ1v) is 6.91. The number of hydrogen-bond donors (Lipinski definition) is 1. The Morgan fingerprint density at radius 3 is 2.44 bits per heavy atom. The Morgan fingerprint density at radius 1 is 1.33 bits per heavy atom. The molecule has 3 heteroatoms. The molecule has 2 nitrogen and oxygen atoms in total. The molecule has 1 atom stereocenters. The van der Waals surface area contributed by atoms with Gasteiger partial charge in [0.25, 0.3) is 0 Å². The maximum absolute atomic E-state index is 6.21. The molecule has 0 aliphatic rings. The summed E-state index contributed by atoms with van der Waals surface area (Å²) in [6.45, 7) is 8.19. The summed E-state index contributed by atoms with van der Waals surface area (Å²) in [5, 5.41) is 0.827. The van der Waals surface area contributed by atoms with Gasteiger partial charge in [0.1, 0.15) is 0 Å². The number of benzene rings is 1. The van der Waals surface area contributed by atoms with Gasteiger partial charge in [-0.05, 0) is 37.9 Å². The highest BCUT2D eigenvalue weighted by Gasteiger charge is 2.28. The molecule has 0 aliphatic carbocycles. The van der Waals surface area contributed by atoms with Crippen LogP contribution in [-0.2, 0) is 6.54 Å². The van der Waals surface area contributed by atoms with E-state index in [-0.39, 0.29) is 5.54 Å². The molecule has 0 spiro atoms. The second kappa shape index (κ2) is 6.55. The lowest BCUT2D eigenvalue weighted by Crippen LogP contribution is -2.50. The molecule has 0 aromatic heterocycles. The van der Waals surface area contributed by atoms with Crippen LogP contribution in [0, 0.1) is 5.92 Å². The first kappa shape index (κ1) is 15.5. The molecule has 1 aromatic rings. The topological polar surface area (TPSA) is 29.3 Å². The van der Waals surface area contributed by atoms with Gasteiger partial charge in [0, 0.05) is 23.7 Å². The fourth-order valence-electron chi connectivity index (χ4n) is 2.35. The standard InChI is InChI=1S/C15H25ClN2/c1-12(2)9-15(3,11-17)18(4)10-13-7-5-6-8-14(13)16/h5-8,12H,9-11,17H2,1-4H3. The van der Waals surface area contributed by atoms with E-state index in [2.05, 4.69) is 38.8 Å². The lowest BCUT2D eigenvalue weighted by atomic mass is 9.89. The van der Waals surface area contributed by atoms with E-state index >= 15 is 0 Å². The highest BCUT2D eigenvalue weighted by Crippen LogP contribution is 2.25. The molecular formula is C15H25ClN2. The van der Waals surface area contributed by atoms with E-state index in [0.717, 1.165) is 23.6 Å². The molecular weight excluding hydrogens is 244 g/mol. The third kappa shape index (κ3) is 3.98. The van der Waals surface area contributed by atoms with Crippen molar-refractivity contribution < 1.29 is 0 Å². The van der Waals surface area contributed by atoms with Gasteiger partial charge in [-0.15, -0.1) is 0 Å². The van der Waals surface area contributed by atoms with Crippen molar-refractivity contribution in [3.63, 3.8) is 0 Å². The number of halogens is 1. The fourth-order valence-corrected chi connectivity index (χ4v) is 2.54. The van der Waals surface area contributed by atoms with Crippen molar-refractivity contribution in [3.8, 4) is 0 Å². The molecule has 0 amide bonds. The van der Waals surface area contributed by atoms with Crippen molar-refractivity contribution in [2.75, 3.05) is 13.6 Å². The van der Waals surface area contributed by atoms with Crippen LogP contribution in [0.25, 0.3) is 0 Å². The van der Waals surface area contributed by atoms with Gasteiger partial charge in [0.05, 0.1) is 0 Å². The highest BCUT2D eigenvalue weighted by molar-refractivity contribution is 6.31. The van der Waals surface area contributed by atoms with Gasteiger partial charge >= 0.3 is 0 Å². The zero-order chi connectivity index (χ0) is 13.8. The highest BCUT2D eigenvalue weighted by atomic mass is 35.5. The summed E-state index contributed by atoms with van der Waals surface area (Å²) < 4.78 is 0. The lowest BCUT2D eigenvalue weighted by Gasteiger charge is -2.39. The van der Waals surface area contributed by atoms with E-state index in [0.29, 0.717) is 12.5 Å². The molecule has 2 N–H and O–H groups in total. The summed E-state index contributed by atoms with van der Waals surface area (Å²) in [4.78, 5) is 2.31. The molecule has 18 heavy (non-hydrogen) atoms. The summed E-state index contributed by atoms with van der Waals surface area (Å²) in [7, 11) is 2.12. The molecule has 0 aliphatic heterocycles. The predicted molar refractivity (Wildman–Crippen MR) is 79.8 cm³/mol. The minimum Gasteiger partial charge on any atom is -0.329 e. The van der Waals surface area contributed by atoms with Crippen LogP contribution in [0.15, 0.2) is 24.3 Å². The molecule has 0 saturated carbocycles. The average Bonchev–Trinajstić information content (AvgIpc) is 2.31. The van der Waals surface area contributed by atoms with Gasteiger partial charge in [-0.2, -0.15) is 0 Å². The van der Waals surface area contributed by atoms with Gasteiger partial charge in [0.15, 0.2) is 0 Å². The van der Waals surface area contributed by atoms with Crippen LogP contribution in [0.4, 0.5) is 0 Å². The third-order valence-electron chi connectivity index (χ3n) is 3.57. The van der Waals surface area contributed by atoms with E-state index in [1.165, 1.54) is 0 Å². The molecule has 0 radical (unpaired) electrons. The number of nitrogens with zero attached hydrogens (tertiary/aromatic N) is 1. The Balaban J connectivity index is 2.80. The van der Waals surface area contributed by atoms with Gasteiger partial charge in [0.2, 0.25) is 0 Å². The number of rotatable bonds is 6. The predicted octanol–water partition coefficient (Wildman–Crippen LogP) is 3.54. The zero-order valence-corrected chi connectivity index (χ0v) is 12.7. The van der Waals surface area contributed by atoms with E-state index in [1.54, 1.807) is 0 Å². The maximum atomic E-state index is 6.21. The van der Waals surface area contributed by atoms with Crippen LogP contribution in [0.5, 0.6) is 0 Å².